The lowest BCUT2D eigenvalue weighted by Gasteiger charge is -2.21. The Labute approximate surface area is 158 Å². The van der Waals surface area contributed by atoms with E-state index in [-0.39, 0.29) is 0 Å². The van der Waals surface area contributed by atoms with Crippen LogP contribution in [0, 0.1) is 13.8 Å². The molecular weight excluding hydrogens is 338 g/mol. The Balaban J connectivity index is 1.47. The number of ether oxygens (including phenoxy) is 1. The Morgan fingerprint density at radius 3 is 2.89 bits per heavy atom. The Hall–Kier alpha value is -2.89. The molecule has 1 aromatic carbocycles. The van der Waals surface area contributed by atoms with Crippen LogP contribution in [0.15, 0.2) is 36.7 Å². The van der Waals surface area contributed by atoms with Gasteiger partial charge in [0, 0.05) is 30.8 Å². The van der Waals surface area contributed by atoms with Crippen LogP contribution in [-0.2, 0) is 13.0 Å². The van der Waals surface area contributed by atoms with Crippen LogP contribution >= 0.6 is 0 Å². The van der Waals surface area contributed by atoms with Crippen LogP contribution in [0.1, 0.15) is 40.7 Å². The van der Waals surface area contributed by atoms with Crippen LogP contribution in [0.5, 0.6) is 5.75 Å². The standard InChI is InChI=1S/C21H23N5O/c1-14-9-15(2)26(24-14)17-7-8-25(11-17)21-18-10-16-5-3-4-6-20(16)27-12-19(18)22-13-23-21/h3-6,9,13,17H,7-8,10-12H2,1-2H3/t17-/m1/s1. The van der Waals surface area contributed by atoms with Gasteiger partial charge in [0.2, 0.25) is 0 Å². The predicted molar refractivity (Wildman–Crippen MR) is 103 cm³/mol. The normalized spacial score (nSPS) is 18.6. The number of anilines is 1. The van der Waals surface area contributed by atoms with E-state index in [1.54, 1.807) is 6.33 Å². The van der Waals surface area contributed by atoms with Gasteiger partial charge in [0.15, 0.2) is 0 Å². The Morgan fingerprint density at radius 2 is 2.04 bits per heavy atom. The molecule has 0 aliphatic carbocycles. The monoisotopic (exact) mass is 361 g/mol. The van der Waals surface area contributed by atoms with Crippen molar-refractivity contribution in [3.63, 3.8) is 0 Å². The van der Waals surface area contributed by atoms with Crippen molar-refractivity contribution in [2.24, 2.45) is 0 Å². The zero-order chi connectivity index (χ0) is 18.4. The second-order valence-corrected chi connectivity index (χ2v) is 7.46. The molecule has 6 nitrogen and oxygen atoms in total. The smallest absolute Gasteiger partial charge is 0.135 e. The highest BCUT2D eigenvalue weighted by atomic mass is 16.5. The predicted octanol–water partition coefficient (Wildman–Crippen LogP) is 3.22. The average molecular weight is 361 g/mol. The van der Waals surface area contributed by atoms with E-state index in [0.717, 1.165) is 48.9 Å². The summed E-state index contributed by atoms with van der Waals surface area (Å²) in [4.78, 5) is 11.6. The van der Waals surface area contributed by atoms with Gasteiger partial charge in [-0.1, -0.05) is 18.2 Å². The fourth-order valence-electron chi connectivity index (χ4n) is 4.29. The van der Waals surface area contributed by atoms with Crippen LogP contribution in [0.3, 0.4) is 0 Å². The summed E-state index contributed by atoms with van der Waals surface area (Å²) >= 11 is 0. The molecule has 0 radical (unpaired) electrons. The van der Waals surface area contributed by atoms with E-state index in [0.29, 0.717) is 12.6 Å². The topological polar surface area (TPSA) is 56.1 Å². The van der Waals surface area contributed by atoms with E-state index < -0.39 is 0 Å². The summed E-state index contributed by atoms with van der Waals surface area (Å²) in [7, 11) is 0. The molecule has 4 heterocycles. The molecule has 2 aliphatic rings. The molecule has 3 aromatic rings. The summed E-state index contributed by atoms with van der Waals surface area (Å²) in [6.45, 7) is 6.59. The highest BCUT2D eigenvalue weighted by molar-refractivity contribution is 5.54. The molecule has 1 atom stereocenters. The number of nitrogens with zero attached hydrogens (tertiary/aromatic N) is 5. The van der Waals surface area contributed by atoms with E-state index >= 15 is 0 Å². The Morgan fingerprint density at radius 1 is 1.15 bits per heavy atom. The number of hydrogen-bond acceptors (Lipinski definition) is 5. The summed E-state index contributed by atoms with van der Waals surface area (Å²) in [6.07, 6.45) is 3.56. The van der Waals surface area contributed by atoms with Crippen molar-refractivity contribution < 1.29 is 4.74 Å². The van der Waals surface area contributed by atoms with Crippen molar-refractivity contribution in [2.75, 3.05) is 18.0 Å². The van der Waals surface area contributed by atoms with Crippen LogP contribution < -0.4 is 9.64 Å². The van der Waals surface area contributed by atoms with Crippen LogP contribution in [0.2, 0.25) is 0 Å². The number of fused-ring (bicyclic) bond motifs is 2. The number of para-hydroxylation sites is 1. The first kappa shape index (κ1) is 16.3. The first-order valence-corrected chi connectivity index (χ1v) is 9.50. The third-order valence-electron chi connectivity index (χ3n) is 5.57. The summed E-state index contributed by atoms with van der Waals surface area (Å²) < 4.78 is 8.15. The van der Waals surface area contributed by atoms with E-state index in [1.807, 2.05) is 12.1 Å². The number of hydrogen-bond donors (Lipinski definition) is 0. The van der Waals surface area contributed by atoms with Gasteiger partial charge in [-0.25, -0.2) is 9.97 Å². The second kappa shape index (κ2) is 6.37. The maximum Gasteiger partial charge on any atom is 0.135 e. The van der Waals surface area contributed by atoms with Crippen LogP contribution in [-0.4, -0.2) is 32.8 Å². The molecule has 0 spiro atoms. The third-order valence-corrected chi connectivity index (χ3v) is 5.57. The minimum absolute atomic E-state index is 0.388. The molecule has 0 bridgehead atoms. The molecule has 1 fully saturated rings. The van der Waals surface area contributed by atoms with Crippen molar-refractivity contribution in [1.29, 1.82) is 0 Å². The third kappa shape index (κ3) is 2.85. The number of rotatable bonds is 2. The fourth-order valence-corrected chi connectivity index (χ4v) is 4.29. The van der Waals surface area contributed by atoms with Gasteiger partial charge in [0.05, 0.1) is 17.4 Å². The summed E-state index contributed by atoms with van der Waals surface area (Å²) in [6, 6.07) is 10.8. The van der Waals surface area contributed by atoms with E-state index in [9.17, 15) is 0 Å². The molecule has 0 saturated carbocycles. The van der Waals surface area contributed by atoms with Gasteiger partial charge in [-0.3, -0.25) is 4.68 Å². The van der Waals surface area contributed by atoms with Crippen molar-refractivity contribution >= 4 is 5.82 Å². The van der Waals surface area contributed by atoms with E-state index in [2.05, 4.69) is 56.7 Å². The lowest BCUT2D eigenvalue weighted by atomic mass is 10.0. The molecule has 27 heavy (non-hydrogen) atoms. The molecule has 6 heteroatoms. The minimum atomic E-state index is 0.388. The molecular formula is C21H23N5O. The van der Waals surface area contributed by atoms with Gasteiger partial charge in [-0.05, 0) is 38.0 Å². The molecule has 2 aliphatic heterocycles. The molecule has 2 aromatic heterocycles. The number of aryl methyl sites for hydroxylation is 2. The molecule has 0 N–H and O–H groups in total. The minimum Gasteiger partial charge on any atom is -0.487 e. The van der Waals surface area contributed by atoms with Crippen molar-refractivity contribution in [2.45, 2.75) is 39.3 Å². The van der Waals surface area contributed by atoms with E-state index in [1.165, 1.54) is 16.8 Å². The van der Waals surface area contributed by atoms with E-state index in [4.69, 9.17) is 4.74 Å². The van der Waals surface area contributed by atoms with Crippen molar-refractivity contribution in [3.05, 3.63) is 64.9 Å². The molecule has 138 valence electrons. The molecule has 5 rings (SSSR count). The van der Waals surface area contributed by atoms with Gasteiger partial charge in [0.25, 0.3) is 0 Å². The SMILES string of the molecule is Cc1cc(C)n([C@@H]2CCN(c3ncnc4c3Cc3ccccc3OC4)C2)n1. The summed E-state index contributed by atoms with van der Waals surface area (Å²) in [5, 5.41) is 4.69. The van der Waals surface area contributed by atoms with Crippen LogP contribution in [0.4, 0.5) is 5.82 Å². The molecule has 0 unspecified atom stereocenters. The quantitative estimate of drug-likeness (QED) is 0.701. The molecule has 0 amide bonds. The van der Waals surface area contributed by atoms with Gasteiger partial charge >= 0.3 is 0 Å². The Kier molecular flexibility index (Phi) is 3.85. The first-order valence-electron chi connectivity index (χ1n) is 9.50. The number of benzene rings is 1. The van der Waals surface area contributed by atoms with Gasteiger partial charge < -0.3 is 9.64 Å². The van der Waals surface area contributed by atoms with Crippen molar-refractivity contribution in [1.82, 2.24) is 19.7 Å². The zero-order valence-electron chi connectivity index (χ0n) is 15.7. The largest absolute Gasteiger partial charge is 0.487 e. The molecule has 1 saturated heterocycles. The lowest BCUT2D eigenvalue weighted by molar-refractivity contribution is 0.302. The zero-order valence-corrected chi connectivity index (χ0v) is 15.7. The second-order valence-electron chi connectivity index (χ2n) is 7.46. The summed E-state index contributed by atoms with van der Waals surface area (Å²) in [5.41, 5.74) is 5.68. The maximum absolute atomic E-state index is 5.98. The summed E-state index contributed by atoms with van der Waals surface area (Å²) in [5.74, 6) is 1.99. The van der Waals surface area contributed by atoms with Gasteiger partial charge in [0.1, 0.15) is 24.5 Å². The van der Waals surface area contributed by atoms with Gasteiger partial charge in [-0.15, -0.1) is 0 Å². The highest BCUT2D eigenvalue weighted by Crippen LogP contribution is 2.34. The maximum atomic E-state index is 5.98. The first-order chi connectivity index (χ1) is 13.2. The number of aromatic nitrogens is 4. The lowest BCUT2D eigenvalue weighted by Crippen LogP contribution is -2.24. The van der Waals surface area contributed by atoms with Gasteiger partial charge in [-0.2, -0.15) is 5.10 Å². The fraction of sp³-hybridized carbons (Fsp3) is 0.381. The highest BCUT2D eigenvalue weighted by Gasteiger charge is 2.29. The van der Waals surface area contributed by atoms with Crippen molar-refractivity contribution in [3.8, 4) is 5.75 Å². The van der Waals surface area contributed by atoms with Crippen LogP contribution in [0.25, 0.3) is 0 Å². The Bertz CT molecular complexity index is 996. The average Bonchev–Trinajstić information content (AvgIpc) is 3.22.